The second-order valence-corrected chi connectivity index (χ2v) is 10.5. The van der Waals surface area contributed by atoms with Gasteiger partial charge in [-0.1, -0.05) is 31.7 Å². The van der Waals surface area contributed by atoms with Crippen molar-refractivity contribution in [3.8, 4) is 17.4 Å². The van der Waals surface area contributed by atoms with Crippen LogP contribution in [0, 0.1) is 0 Å². The van der Waals surface area contributed by atoms with Crippen molar-refractivity contribution in [2.24, 2.45) is 12.0 Å². The van der Waals surface area contributed by atoms with E-state index in [9.17, 15) is 4.79 Å². The number of hydrogen-bond acceptors (Lipinski definition) is 7. The summed E-state index contributed by atoms with van der Waals surface area (Å²) in [6.07, 6.45) is 6.61. The Labute approximate surface area is 265 Å². The molecule has 244 valence electrons. The zero-order valence-electron chi connectivity index (χ0n) is 27.4. The standard InChI is InChI=1S/C11H15NO2.C9H12O.C7H12N2O.C7H11NO.CH4/c1-8(2)14-10-6-4-9(5-7-10)11(13)12-3;1-8(2)10-9-6-4-3-5-7-9;1-6(2)10-7-4-5-9(3)8-7;1-6(2)9-7-4-3-5-8-7;/h4-8H,1-3H3,(H,12,13);3-8H,1-2H3;4-6H,1-3H3;3-4,6H,5H2,1-2H3;1H4. The molecule has 4 rings (SSSR count). The summed E-state index contributed by atoms with van der Waals surface area (Å²) in [5.41, 5.74) is 0.642. The molecule has 0 aliphatic carbocycles. The van der Waals surface area contributed by atoms with Gasteiger partial charge in [-0.25, -0.2) is 4.99 Å². The van der Waals surface area contributed by atoms with Crippen LogP contribution in [0.5, 0.6) is 17.4 Å². The zero-order chi connectivity index (χ0) is 32.2. The van der Waals surface area contributed by atoms with E-state index in [0.29, 0.717) is 11.4 Å². The highest BCUT2D eigenvalue weighted by Gasteiger charge is 2.03. The number of aryl methyl sites for hydroxylation is 1. The summed E-state index contributed by atoms with van der Waals surface area (Å²) in [4.78, 5) is 15.3. The molecule has 1 amide bonds. The van der Waals surface area contributed by atoms with Gasteiger partial charge in [-0.3, -0.25) is 9.48 Å². The van der Waals surface area contributed by atoms with Gasteiger partial charge in [-0.15, -0.1) is 5.10 Å². The smallest absolute Gasteiger partial charge is 0.251 e. The lowest BCUT2D eigenvalue weighted by atomic mass is 10.2. The van der Waals surface area contributed by atoms with E-state index in [1.54, 1.807) is 36.0 Å². The van der Waals surface area contributed by atoms with Crippen LogP contribution < -0.4 is 19.5 Å². The van der Waals surface area contributed by atoms with E-state index >= 15 is 0 Å². The predicted molar refractivity (Wildman–Crippen MR) is 181 cm³/mol. The SMILES string of the molecule is C.CC(C)OC1=NCC=C1.CC(C)Oc1ccccc1.CC(C)Oc1ccn(C)n1.CNC(=O)c1ccc(OC(C)C)cc1. The molecule has 0 unspecified atom stereocenters. The third-order valence-corrected chi connectivity index (χ3v) is 4.85. The lowest BCUT2D eigenvalue weighted by Gasteiger charge is -2.09. The summed E-state index contributed by atoms with van der Waals surface area (Å²) >= 11 is 0. The summed E-state index contributed by atoms with van der Waals surface area (Å²) in [7, 11) is 3.48. The highest BCUT2D eigenvalue weighted by atomic mass is 16.5. The Kier molecular flexibility index (Phi) is 20.1. The summed E-state index contributed by atoms with van der Waals surface area (Å²) in [5, 5.41) is 6.61. The quantitative estimate of drug-likeness (QED) is 0.283. The van der Waals surface area contributed by atoms with Gasteiger partial charge in [0.25, 0.3) is 5.91 Å². The van der Waals surface area contributed by atoms with Crippen LogP contribution in [-0.2, 0) is 11.8 Å². The molecular weight excluding hydrogens is 556 g/mol. The molecule has 0 saturated carbocycles. The number of ether oxygens (including phenoxy) is 4. The summed E-state index contributed by atoms with van der Waals surface area (Å²) in [6, 6.07) is 18.8. The number of aliphatic imine (C=N–C) groups is 1. The molecule has 1 aliphatic rings. The van der Waals surface area contributed by atoms with Gasteiger partial charge in [0, 0.05) is 31.9 Å². The molecule has 3 aromatic rings. The molecule has 0 spiro atoms. The van der Waals surface area contributed by atoms with E-state index in [-0.39, 0.29) is 37.7 Å². The highest BCUT2D eigenvalue weighted by molar-refractivity contribution is 5.94. The van der Waals surface area contributed by atoms with Crippen molar-refractivity contribution in [1.82, 2.24) is 15.1 Å². The van der Waals surface area contributed by atoms with Gasteiger partial charge in [0.05, 0.1) is 31.0 Å². The van der Waals surface area contributed by atoms with Crippen LogP contribution in [0.3, 0.4) is 0 Å². The first-order valence-corrected chi connectivity index (χ1v) is 14.6. The number of nitrogens with one attached hydrogen (secondary N) is 1. The topological polar surface area (TPSA) is 96.2 Å². The molecule has 0 atom stereocenters. The summed E-state index contributed by atoms with van der Waals surface area (Å²) < 4.78 is 23.2. The van der Waals surface area contributed by atoms with E-state index in [0.717, 1.165) is 23.9 Å². The van der Waals surface area contributed by atoms with Crippen molar-refractivity contribution >= 4 is 11.8 Å². The third-order valence-electron chi connectivity index (χ3n) is 4.85. The summed E-state index contributed by atoms with van der Waals surface area (Å²) in [5.74, 6) is 3.11. The molecule has 1 aliphatic heterocycles. The molecule has 0 saturated heterocycles. The second kappa shape index (κ2) is 22.3. The first-order valence-electron chi connectivity index (χ1n) is 14.6. The van der Waals surface area contributed by atoms with Gasteiger partial charge in [0.2, 0.25) is 11.8 Å². The number of amides is 1. The Hall–Kier alpha value is -4.27. The van der Waals surface area contributed by atoms with Gasteiger partial charge in [0.1, 0.15) is 11.5 Å². The molecule has 2 aromatic carbocycles. The molecular formula is C35H54N4O5. The molecule has 9 heteroatoms. The van der Waals surface area contributed by atoms with Crippen molar-refractivity contribution in [2.45, 2.75) is 87.2 Å². The van der Waals surface area contributed by atoms with Crippen LogP contribution in [0.1, 0.15) is 73.2 Å². The first kappa shape index (κ1) is 39.7. The van der Waals surface area contributed by atoms with Crippen LogP contribution in [0.25, 0.3) is 0 Å². The third kappa shape index (κ3) is 19.0. The lowest BCUT2D eigenvalue weighted by molar-refractivity contribution is 0.0963. The lowest BCUT2D eigenvalue weighted by Crippen LogP contribution is -2.17. The number of carbonyl (C=O) groups is 1. The van der Waals surface area contributed by atoms with Gasteiger partial charge >= 0.3 is 0 Å². The molecule has 2 heterocycles. The average molecular weight is 611 g/mol. The minimum atomic E-state index is -0.0823. The maximum atomic E-state index is 11.2. The van der Waals surface area contributed by atoms with Crippen molar-refractivity contribution in [1.29, 1.82) is 0 Å². The van der Waals surface area contributed by atoms with E-state index in [1.165, 1.54) is 0 Å². The van der Waals surface area contributed by atoms with E-state index in [1.807, 2.05) is 117 Å². The number of carbonyl (C=O) groups excluding carboxylic acids is 1. The summed E-state index contributed by atoms with van der Waals surface area (Å²) in [6.45, 7) is 16.7. The van der Waals surface area contributed by atoms with Gasteiger partial charge < -0.3 is 24.3 Å². The molecule has 44 heavy (non-hydrogen) atoms. The highest BCUT2D eigenvalue weighted by Crippen LogP contribution is 2.13. The zero-order valence-corrected chi connectivity index (χ0v) is 27.4. The minimum Gasteiger partial charge on any atom is -0.491 e. The van der Waals surface area contributed by atoms with E-state index in [4.69, 9.17) is 18.9 Å². The monoisotopic (exact) mass is 610 g/mol. The fourth-order valence-electron chi connectivity index (χ4n) is 3.24. The van der Waals surface area contributed by atoms with E-state index in [2.05, 4.69) is 15.4 Å². The van der Waals surface area contributed by atoms with Crippen LogP contribution in [-0.4, -0.2) is 59.6 Å². The van der Waals surface area contributed by atoms with E-state index < -0.39 is 0 Å². The average Bonchev–Trinajstić information content (AvgIpc) is 3.60. The number of rotatable bonds is 8. The molecule has 9 nitrogen and oxygen atoms in total. The first-order chi connectivity index (χ1) is 20.4. The van der Waals surface area contributed by atoms with Crippen LogP contribution in [0.2, 0.25) is 0 Å². The van der Waals surface area contributed by atoms with Gasteiger partial charge in [-0.05, 0) is 97.9 Å². The number of hydrogen-bond donors (Lipinski definition) is 1. The Morgan fingerprint density at radius 3 is 1.68 bits per heavy atom. The molecule has 1 N–H and O–H groups in total. The number of para-hydroxylation sites is 1. The van der Waals surface area contributed by atoms with Crippen molar-refractivity contribution < 1.29 is 23.7 Å². The molecule has 0 fully saturated rings. The Morgan fingerprint density at radius 1 is 0.750 bits per heavy atom. The molecule has 1 aromatic heterocycles. The Balaban J connectivity index is 0.000000564. The van der Waals surface area contributed by atoms with Crippen LogP contribution in [0.15, 0.2) is 84.0 Å². The largest absolute Gasteiger partial charge is 0.491 e. The van der Waals surface area contributed by atoms with Crippen molar-refractivity contribution in [3.63, 3.8) is 0 Å². The normalized spacial score (nSPS) is 11.2. The number of nitrogens with zero attached hydrogens (tertiary/aromatic N) is 3. The Morgan fingerprint density at radius 2 is 1.27 bits per heavy atom. The number of aromatic nitrogens is 2. The van der Waals surface area contributed by atoms with Gasteiger partial charge in [-0.2, -0.15) is 0 Å². The van der Waals surface area contributed by atoms with Crippen LogP contribution in [0.4, 0.5) is 0 Å². The fraction of sp³-hybridized carbons (Fsp3) is 0.457. The maximum absolute atomic E-state index is 11.2. The van der Waals surface area contributed by atoms with Crippen molar-refractivity contribution in [3.05, 3.63) is 84.6 Å². The molecule has 0 bridgehead atoms. The fourth-order valence-corrected chi connectivity index (χ4v) is 3.24. The van der Waals surface area contributed by atoms with Gasteiger partial charge in [0.15, 0.2) is 0 Å². The molecule has 0 radical (unpaired) electrons. The Bertz CT molecular complexity index is 1220. The second-order valence-electron chi connectivity index (χ2n) is 10.5. The van der Waals surface area contributed by atoms with Crippen molar-refractivity contribution in [2.75, 3.05) is 13.6 Å². The number of benzene rings is 2. The predicted octanol–water partition coefficient (Wildman–Crippen LogP) is 7.53. The van der Waals surface area contributed by atoms with Crippen LogP contribution >= 0.6 is 0 Å². The minimum absolute atomic E-state index is 0. The maximum Gasteiger partial charge on any atom is 0.251 e.